The van der Waals surface area contributed by atoms with Crippen molar-refractivity contribution in [3.8, 4) is 5.75 Å². The molecule has 0 unspecified atom stereocenters. The van der Waals surface area contributed by atoms with E-state index in [4.69, 9.17) is 4.74 Å². The van der Waals surface area contributed by atoms with Crippen LogP contribution in [0.3, 0.4) is 0 Å². The van der Waals surface area contributed by atoms with Crippen LogP contribution in [0.5, 0.6) is 5.75 Å². The molecule has 3 rings (SSSR count). The van der Waals surface area contributed by atoms with Gasteiger partial charge in [-0.3, -0.25) is 4.79 Å². The predicted octanol–water partition coefficient (Wildman–Crippen LogP) is 4.10. The van der Waals surface area contributed by atoms with Gasteiger partial charge in [-0.2, -0.15) is 0 Å². The summed E-state index contributed by atoms with van der Waals surface area (Å²) in [6.07, 6.45) is 3.01. The number of para-hydroxylation sites is 1. The normalized spacial score (nSPS) is 11.0. The smallest absolute Gasteiger partial charge is 0.248 e. The molecule has 0 saturated heterocycles. The minimum absolute atomic E-state index is 0.132. The van der Waals surface area contributed by atoms with E-state index >= 15 is 0 Å². The molecule has 1 heterocycles. The van der Waals surface area contributed by atoms with Crippen LogP contribution in [0.1, 0.15) is 5.01 Å². The monoisotopic (exact) mass is 328 g/mol. The standard InChI is InChI=1S/C17H13FN2O2S/c1-22-14-7-6-11(10-12(14)18)19-16(21)8-9-17-20-13-4-2-3-5-15(13)23-17/h2-10H,1H3,(H,19,21)/b9-8+. The molecule has 2 aromatic carbocycles. The minimum atomic E-state index is -0.527. The van der Waals surface area contributed by atoms with Crippen molar-refractivity contribution in [2.75, 3.05) is 12.4 Å². The lowest BCUT2D eigenvalue weighted by Crippen LogP contribution is -2.08. The number of thiazole rings is 1. The van der Waals surface area contributed by atoms with E-state index in [-0.39, 0.29) is 11.7 Å². The number of carbonyl (C=O) groups is 1. The molecule has 6 heteroatoms. The predicted molar refractivity (Wildman–Crippen MR) is 90.2 cm³/mol. The third-order valence-electron chi connectivity index (χ3n) is 3.11. The Morgan fingerprint density at radius 3 is 2.87 bits per heavy atom. The van der Waals surface area contributed by atoms with Gasteiger partial charge in [-0.15, -0.1) is 11.3 Å². The van der Waals surface area contributed by atoms with E-state index in [1.165, 1.54) is 36.7 Å². The fourth-order valence-electron chi connectivity index (χ4n) is 2.04. The van der Waals surface area contributed by atoms with Crippen molar-refractivity contribution in [1.29, 1.82) is 0 Å². The van der Waals surface area contributed by atoms with E-state index in [9.17, 15) is 9.18 Å². The highest BCUT2D eigenvalue weighted by molar-refractivity contribution is 7.19. The molecule has 23 heavy (non-hydrogen) atoms. The highest BCUT2D eigenvalue weighted by Crippen LogP contribution is 2.23. The zero-order valence-electron chi connectivity index (χ0n) is 12.2. The largest absolute Gasteiger partial charge is 0.494 e. The van der Waals surface area contributed by atoms with Crippen molar-refractivity contribution in [3.63, 3.8) is 0 Å². The Morgan fingerprint density at radius 2 is 2.13 bits per heavy atom. The van der Waals surface area contributed by atoms with Crippen LogP contribution in [0.2, 0.25) is 0 Å². The van der Waals surface area contributed by atoms with E-state index in [1.54, 1.807) is 12.1 Å². The summed E-state index contributed by atoms with van der Waals surface area (Å²) in [6.45, 7) is 0. The first-order valence-corrected chi connectivity index (χ1v) is 7.65. The summed E-state index contributed by atoms with van der Waals surface area (Å²) < 4.78 is 19.5. The molecule has 0 aliphatic heterocycles. The lowest BCUT2D eigenvalue weighted by Gasteiger charge is -2.05. The fourth-order valence-corrected chi connectivity index (χ4v) is 2.91. The Labute approximate surface area is 136 Å². The van der Waals surface area contributed by atoms with E-state index in [1.807, 2.05) is 24.3 Å². The number of amides is 1. The van der Waals surface area contributed by atoms with Crippen molar-refractivity contribution in [2.45, 2.75) is 0 Å². The Balaban J connectivity index is 1.70. The molecular formula is C17H13FN2O2S. The van der Waals surface area contributed by atoms with Crippen molar-refractivity contribution in [3.05, 3.63) is 59.4 Å². The fraction of sp³-hybridized carbons (Fsp3) is 0.0588. The van der Waals surface area contributed by atoms with Crippen LogP contribution < -0.4 is 10.1 Å². The van der Waals surface area contributed by atoms with Gasteiger partial charge in [0.15, 0.2) is 11.6 Å². The van der Waals surface area contributed by atoms with Crippen LogP contribution >= 0.6 is 11.3 Å². The van der Waals surface area contributed by atoms with Gasteiger partial charge < -0.3 is 10.1 Å². The Bertz CT molecular complexity index is 856. The van der Waals surface area contributed by atoms with Gasteiger partial charge in [-0.25, -0.2) is 9.37 Å². The maximum absolute atomic E-state index is 13.6. The summed E-state index contributed by atoms with van der Waals surface area (Å²) in [4.78, 5) is 16.3. The molecule has 0 atom stereocenters. The molecule has 0 aliphatic carbocycles. The Hall–Kier alpha value is -2.73. The van der Waals surface area contributed by atoms with Crippen LogP contribution in [0.4, 0.5) is 10.1 Å². The van der Waals surface area contributed by atoms with Gasteiger partial charge in [-0.1, -0.05) is 12.1 Å². The van der Waals surface area contributed by atoms with Gasteiger partial charge in [0.1, 0.15) is 5.01 Å². The van der Waals surface area contributed by atoms with E-state index in [2.05, 4.69) is 10.3 Å². The number of carbonyl (C=O) groups excluding carboxylic acids is 1. The van der Waals surface area contributed by atoms with Crippen molar-refractivity contribution in [1.82, 2.24) is 4.98 Å². The number of anilines is 1. The second kappa shape index (κ2) is 6.58. The molecule has 0 aliphatic rings. The van der Waals surface area contributed by atoms with Gasteiger partial charge in [0.25, 0.3) is 0 Å². The number of aromatic nitrogens is 1. The summed E-state index contributed by atoms with van der Waals surface area (Å²) >= 11 is 1.50. The summed E-state index contributed by atoms with van der Waals surface area (Å²) in [6, 6.07) is 12.0. The molecule has 116 valence electrons. The molecule has 0 spiro atoms. The average Bonchev–Trinajstić information content (AvgIpc) is 2.96. The van der Waals surface area contributed by atoms with Gasteiger partial charge >= 0.3 is 0 Å². The zero-order valence-corrected chi connectivity index (χ0v) is 13.1. The minimum Gasteiger partial charge on any atom is -0.494 e. The van der Waals surface area contributed by atoms with Crippen molar-refractivity contribution < 1.29 is 13.9 Å². The van der Waals surface area contributed by atoms with Gasteiger partial charge in [0.2, 0.25) is 5.91 Å². The van der Waals surface area contributed by atoms with Crippen molar-refractivity contribution in [2.24, 2.45) is 0 Å². The molecule has 1 amide bonds. The maximum Gasteiger partial charge on any atom is 0.248 e. The highest BCUT2D eigenvalue weighted by Gasteiger charge is 2.05. The number of benzene rings is 2. The second-order valence-electron chi connectivity index (χ2n) is 4.69. The average molecular weight is 328 g/mol. The molecule has 0 radical (unpaired) electrons. The van der Waals surface area contributed by atoms with E-state index < -0.39 is 5.82 Å². The lowest BCUT2D eigenvalue weighted by atomic mass is 10.3. The number of nitrogens with one attached hydrogen (secondary N) is 1. The first-order valence-electron chi connectivity index (χ1n) is 6.84. The van der Waals surface area contributed by atoms with E-state index in [0.717, 1.165) is 15.2 Å². The Kier molecular flexibility index (Phi) is 4.34. The number of nitrogens with zero attached hydrogens (tertiary/aromatic N) is 1. The summed E-state index contributed by atoms with van der Waals surface area (Å²) in [5.74, 6) is -0.748. The lowest BCUT2D eigenvalue weighted by molar-refractivity contribution is -0.111. The van der Waals surface area contributed by atoms with Crippen LogP contribution in [0, 0.1) is 5.82 Å². The molecule has 0 fully saturated rings. The summed E-state index contributed by atoms with van der Waals surface area (Å²) in [5, 5.41) is 3.33. The van der Waals surface area contributed by atoms with Gasteiger partial charge in [0.05, 0.1) is 17.3 Å². The SMILES string of the molecule is COc1ccc(NC(=O)/C=C/c2nc3ccccc3s2)cc1F. The van der Waals surface area contributed by atoms with E-state index in [0.29, 0.717) is 5.69 Å². The number of hydrogen-bond acceptors (Lipinski definition) is 4. The van der Waals surface area contributed by atoms with Crippen LogP contribution in [0.25, 0.3) is 16.3 Å². The van der Waals surface area contributed by atoms with Crippen LogP contribution in [0.15, 0.2) is 48.5 Å². The molecule has 1 N–H and O–H groups in total. The molecular weight excluding hydrogens is 315 g/mol. The Morgan fingerprint density at radius 1 is 1.30 bits per heavy atom. The highest BCUT2D eigenvalue weighted by atomic mass is 32.1. The number of fused-ring (bicyclic) bond motifs is 1. The number of rotatable bonds is 4. The van der Waals surface area contributed by atoms with Gasteiger partial charge in [-0.05, 0) is 30.3 Å². The van der Waals surface area contributed by atoms with Crippen LogP contribution in [-0.2, 0) is 4.79 Å². The van der Waals surface area contributed by atoms with Crippen molar-refractivity contribution >= 4 is 39.2 Å². The third kappa shape index (κ3) is 3.54. The molecule has 4 nitrogen and oxygen atoms in total. The zero-order chi connectivity index (χ0) is 16.2. The topological polar surface area (TPSA) is 51.2 Å². The molecule has 0 saturated carbocycles. The van der Waals surface area contributed by atoms with Crippen LogP contribution in [-0.4, -0.2) is 18.0 Å². The molecule has 1 aromatic heterocycles. The number of halogens is 1. The maximum atomic E-state index is 13.6. The number of methoxy groups -OCH3 is 1. The number of hydrogen-bond donors (Lipinski definition) is 1. The molecule has 3 aromatic rings. The second-order valence-corrected chi connectivity index (χ2v) is 5.75. The quantitative estimate of drug-likeness (QED) is 0.734. The number of ether oxygens (including phenoxy) is 1. The first-order chi connectivity index (χ1) is 11.2. The first kappa shape index (κ1) is 15.2. The third-order valence-corrected chi connectivity index (χ3v) is 4.11. The molecule has 0 bridgehead atoms. The summed E-state index contributed by atoms with van der Waals surface area (Å²) in [5.41, 5.74) is 1.26. The van der Waals surface area contributed by atoms with Gasteiger partial charge in [0, 0.05) is 17.8 Å². The summed E-state index contributed by atoms with van der Waals surface area (Å²) in [7, 11) is 1.39.